The van der Waals surface area contributed by atoms with Gasteiger partial charge in [0.15, 0.2) is 0 Å². The minimum Gasteiger partial charge on any atom is -0.494 e. The van der Waals surface area contributed by atoms with E-state index in [-0.39, 0.29) is 5.56 Å². The van der Waals surface area contributed by atoms with Crippen molar-refractivity contribution in [3.8, 4) is 11.6 Å². The van der Waals surface area contributed by atoms with Crippen LogP contribution in [0.3, 0.4) is 0 Å². The van der Waals surface area contributed by atoms with Gasteiger partial charge in [-0.2, -0.15) is 0 Å². The number of aromatic nitrogens is 2. The molecular formula is C20H14BrN3O3. The predicted molar refractivity (Wildman–Crippen MR) is 109 cm³/mol. The molecule has 1 aromatic heterocycles. The standard InChI is InChI=1S/C20H14BrN3O3/c1-11-2-5-14(6-3-11)24-19(26)16(18(25)23-20(24)27)8-12-10-22-17-7-4-13(21)9-15(12)17/h2-10,26H,1H3,(H,23,25,27)/b12-8+. The smallest absolute Gasteiger partial charge is 0.335 e. The van der Waals surface area contributed by atoms with Crippen molar-refractivity contribution in [2.45, 2.75) is 6.92 Å². The Hall–Kier alpha value is -3.19. The van der Waals surface area contributed by atoms with Gasteiger partial charge in [0.2, 0.25) is 5.88 Å². The quantitative estimate of drug-likeness (QED) is 0.660. The molecule has 0 bridgehead atoms. The maximum Gasteiger partial charge on any atom is 0.335 e. The normalized spacial score (nSPS) is 13.9. The molecule has 0 saturated carbocycles. The van der Waals surface area contributed by atoms with Crippen LogP contribution in [0.4, 0.5) is 5.69 Å². The van der Waals surface area contributed by atoms with Crippen LogP contribution in [0.2, 0.25) is 0 Å². The number of halogens is 1. The van der Waals surface area contributed by atoms with Gasteiger partial charge in [-0.3, -0.25) is 14.8 Å². The van der Waals surface area contributed by atoms with Gasteiger partial charge in [-0.25, -0.2) is 9.36 Å². The molecule has 134 valence electrons. The molecule has 2 N–H and O–H groups in total. The summed E-state index contributed by atoms with van der Waals surface area (Å²) >= 11 is 3.42. The van der Waals surface area contributed by atoms with Crippen molar-refractivity contribution in [1.29, 1.82) is 0 Å². The summed E-state index contributed by atoms with van der Waals surface area (Å²) in [5.74, 6) is -0.419. The number of hydrogen-bond acceptors (Lipinski definition) is 4. The fourth-order valence-corrected chi connectivity index (χ4v) is 3.29. The van der Waals surface area contributed by atoms with Gasteiger partial charge in [-0.15, -0.1) is 0 Å². The largest absolute Gasteiger partial charge is 0.494 e. The van der Waals surface area contributed by atoms with E-state index in [1.165, 1.54) is 6.08 Å². The molecule has 0 saturated heterocycles. The van der Waals surface area contributed by atoms with Gasteiger partial charge in [0.1, 0.15) is 5.56 Å². The number of aliphatic imine (C=N–C) groups is 1. The van der Waals surface area contributed by atoms with Gasteiger partial charge < -0.3 is 5.11 Å². The molecule has 27 heavy (non-hydrogen) atoms. The number of benzene rings is 2. The molecule has 2 aromatic carbocycles. The maximum absolute atomic E-state index is 12.3. The third kappa shape index (κ3) is 3.06. The number of rotatable bonds is 2. The first kappa shape index (κ1) is 17.2. The summed E-state index contributed by atoms with van der Waals surface area (Å²) in [7, 11) is 0. The van der Waals surface area contributed by atoms with Crippen molar-refractivity contribution in [2.24, 2.45) is 4.99 Å². The van der Waals surface area contributed by atoms with Gasteiger partial charge in [0.05, 0.1) is 11.4 Å². The van der Waals surface area contributed by atoms with Crippen LogP contribution in [0, 0.1) is 6.92 Å². The lowest BCUT2D eigenvalue weighted by molar-refractivity contribution is 0.429. The lowest BCUT2D eigenvalue weighted by atomic mass is 10.1. The van der Waals surface area contributed by atoms with Gasteiger partial charge in [0.25, 0.3) is 5.56 Å². The Kier molecular flexibility index (Phi) is 4.16. The van der Waals surface area contributed by atoms with E-state index in [4.69, 9.17) is 0 Å². The molecule has 4 rings (SSSR count). The Bertz CT molecular complexity index is 1230. The van der Waals surface area contributed by atoms with Crippen molar-refractivity contribution in [2.75, 3.05) is 0 Å². The molecule has 3 aromatic rings. The van der Waals surface area contributed by atoms with E-state index in [0.717, 1.165) is 25.9 Å². The Labute approximate surface area is 162 Å². The number of H-pyrrole nitrogens is 1. The molecule has 0 unspecified atom stereocenters. The molecule has 0 aliphatic carbocycles. The highest BCUT2D eigenvalue weighted by Gasteiger charge is 2.18. The molecule has 7 heteroatoms. The Balaban J connectivity index is 1.91. The van der Waals surface area contributed by atoms with Crippen LogP contribution in [-0.2, 0) is 0 Å². The van der Waals surface area contributed by atoms with Crippen LogP contribution in [0.15, 0.2) is 61.5 Å². The van der Waals surface area contributed by atoms with Crippen LogP contribution in [-0.4, -0.2) is 20.9 Å². The number of aromatic hydroxyl groups is 1. The first-order valence-electron chi connectivity index (χ1n) is 8.15. The molecule has 0 atom stereocenters. The number of aryl methyl sites for hydroxylation is 1. The van der Waals surface area contributed by atoms with Gasteiger partial charge in [-0.05, 0) is 43.3 Å². The van der Waals surface area contributed by atoms with E-state index in [9.17, 15) is 14.7 Å². The second-order valence-corrected chi connectivity index (χ2v) is 7.10. The van der Waals surface area contributed by atoms with E-state index in [1.807, 2.05) is 37.3 Å². The van der Waals surface area contributed by atoms with Crippen molar-refractivity contribution in [3.63, 3.8) is 0 Å². The van der Waals surface area contributed by atoms with Crippen molar-refractivity contribution in [3.05, 3.63) is 84.5 Å². The van der Waals surface area contributed by atoms with Crippen LogP contribution in [0.1, 0.15) is 16.7 Å². The third-order valence-corrected chi connectivity index (χ3v) is 4.82. The lowest BCUT2D eigenvalue weighted by Crippen LogP contribution is -2.30. The van der Waals surface area contributed by atoms with E-state index in [0.29, 0.717) is 11.3 Å². The highest BCUT2D eigenvalue weighted by atomic mass is 79.9. The van der Waals surface area contributed by atoms with Gasteiger partial charge in [-0.1, -0.05) is 33.6 Å². The average molecular weight is 424 g/mol. The maximum atomic E-state index is 12.3. The second kappa shape index (κ2) is 6.51. The lowest BCUT2D eigenvalue weighted by Gasteiger charge is -2.10. The van der Waals surface area contributed by atoms with Crippen molar-refractivity contribution < 1.29 is 5.11 Å². The Morgan fingerprint density at radius 1 is 1.15 bits per heavy atom. The van der Waals surface area contributed by atoms with E-state index in [2.05, 4.69) is 25.9 Å². The summed E-state index contributed by atoms with van der Waals surface area (Å²) in [5.41, 5.74) is 2.37. The number of allylic oxidation sites excluding steroid dienone is 1. The molecule has 0 radical (unpaired) electrons. The van der Waals surface area contributed by atoms with Crippen LogP contribution in [0.25, 0.3) is 17.3 Å². The zero-order chi connectivity index (χ0) is 19.1. The zero-order valence-electron chi connectivity index (χ0n) is 14.2. The fraction of sp³-hybridized carbons (Fsp3) is 0.0500. The van der Waals surface area contributed by atoms with Gasteiger partial charge >= 0.3 is 5.69 Å². The topological polar surface area (TPSA) is 87.4 Å². The number of hydrogen-bond donors (Lipinski definition) is 2. The first-order chi connectivity index (χ1) is 12.9. The van der Waals surface area contributed by atoms with Gasteiger partial charge in [0, 0.05) is 21.8 Å². The number of nitrogens with one attached hydrogen (secondary N) is 1. The van der Waals surface area contributed by atoms with Crippen LogP contribution >= 0.6 is 15.9 Å². The molecule has 0 spiro atoms. The molecule has 2 heterocycles. The van der Waals surface area contributed by atoms with E-state index < -0.39 is 17.1 Å². The molecule has 0 amide bonds. The number of aromatic amines is 1. The van der Waals surface area contributed by atoms with Crippen molar-refractivity contribution in [1.82, 2.24) is 9.55 Å². The van der Waals surface area contributed by atoms with E-state index in [1.54, 1.807) is 18.3 Å². The molecule has 0 fully saturated rings. The summed E-state index contributed by atoms with van der Waals surface area (Å²) in [5, 5.41) is 10.7. The van der Waals surface area contributed by atoms with Crippen molar-refractivity contribution >= 4 is 39.5 Å². The average Bonchev–Trinajstić information content (AvgIpc) is 3.02. The predicted octanol–water partition coefficient (Wildman–Crippen LogP) is 3.56. The summed E-state index contributed by atoms with van der Waals surface area (Å²) in [6.07, 6.45) is 3.15. The number of fused-ring (bicyclic) bond motifs is 1. The molecular weight excluding hydrogens is 410 g/mol. The number of nitrogens with zero attached hydrogens (tertiary/aromatic N) is 2. The fourth-order valence-electron chi connectivity index (χ4n) is 2.93. The summed E-state index contributed by atoms with van der Waals surface area (Å²) < 4.78 is 1.95. The monoisotopic (exact) mass is 423 g/mol. The Morgan fingerprint density at radius 3 is 2.63 bits per heavy atom. The zero-order valence-corrected chi connectivity index (χ0v) is 15.8. The highest BCUT2D eigenvalue weighted by molar-refractivity contribution is 9.10. The minimum atomic E-state index is -0.702. The SMILES string of the molecule is Cc1ccc(-n2c(O)c(/C=C3\C=Nc4ccc(Br)cc43)c(=O)[nH]c2=O)cc1. The summed E-state index contributed by atoms with van der Waals surface area (Å²) in [4.78, 5) is 31.2. The van der Waals surface area contributed by atoms with Crippen LogP contribution < -0.4 is 11.2 Å². The highest BCUT2D eigenvalue weighted by Crippen LogP contribution is 2.35. The Morgan fingerprint density at radius 2 is 1.89 bits per heavy atom. The third-order valence-electron chi connectivity index (χ3n) is 4.33. The molecule has 1 aliphatic heterocycles. The molecule has 1 aliphatic rings. The first-order valence-corrected chi connectivity index (χ1v) is 8.94. The molecule has 6 nitrogen and oxygen atoms in total. The van der Waals surface area contributed by atoms with E-state index >= 15 is 0 Å². The summed E-state index contributed by atoms with van der Waals surface area (Å²) in [6.45, 7) is 1.92. The second-order valence-electron chi connectivity index (χ2n) is 6.19. The summed E-state index contributed by atoms with van der Waals surface area (Å²) in [6, 6.07) is 12.7. The minimum absolute atomic E-state index is 0.00977. The van der Waals surface area contributed by atoms with Crippen LogP contribution in [0.5, 0.6) is 5.88 Å².